The van der Waals surface area contributed by atoms with Gasteiger partial charge in [0.25, 0.3) is 0 Å². The fourth-order valence-electron chi connectivity index (χ4n) is 1.96. The van der Waals surface area contributed by atoms with E-state index >= 15 is 0 Å². The summed E-state index contributed by atoms with van der Waals surface area (Å²) in [4.78, 5) is 10.8. The monoisotopic (exact) mass is 366 g/mol. The summed E-state index contributed by atoms with van der Waals surface area (Å²) in [5.74, 6) is -1.96. The van der Waals surface area contributed by atoms with E-state index in [1.54, 1.807) is 0 Å². The fourth-order valence-corrected chi connectivity index (χ4v) is 3.73. The molecule has 2 rings (SSSR count). The minimum Gasteiger partial charge on any atom is -0.480 e. The zero-order valence-corrected chi connectivity index (χ0v) is 12.6. The Hall–Kier alpha value is -1.03. The summed E-state index contributed by atoms with van der Waals surface area (Å²) in [6.45, 7) is -0.342. The second kappa shape index (κ2) is 5.06. The van der Waals surface area contributed by atoms with E-state index in [4.69, 9.17) is 10.8 Å². The summed E-state index contributed by atoms with van der Waals surface area (Å²) in [6.07, 6.45) is 0.0145. The third-order valence-electron chi connectivity index (χ3n) is 3.22. The normalized spacial score (nSPS) is 23.9. The highest BCUT2D eigenvalue weighted by atomic mass is 79.9. The van der Waals surface area contributed by atoms with Crippen LogP contribution in [0.5, 0.6) is 0 Å². The van der Waals surface area contributed by atoms with Crippen LogP contribution in [0.1, 0.15) is 6.42 Å². The van der Waals surface area contributed by atoms with Gasteiger partial charge in [0, 0.05) is 13.1 Å². The Morgan fingerprint density at radius 3 is 2.65 bits per heavy atom. The number of halogens is 2. The van der Waals surface area contributed by atoms with E-state index in [9.17, 15) is 17.6 Å². The lowest BCUT2D eigenvalue weighted by Gasteiger charge is -2.20. The van der Waals surface area contributed by atoms with Crippen molar-refractivity contribution in [3.05, 3.63) is 28.5 Å². The lowest BCUT2D eigenvalue weighted by Crippen LogP contribution is -2.50. The first-order valence-corrected chi connectivity index (χ1v) is 7.88. The Labute approximate surface area is 123 Å². The maximum absolute atomic E-state index is 13.4. The molecular weight excluding hydrogens is 355 g/mol. The van der Waals surface area contributed by atoms with Crippen molar-refractivity contribution in [1.29, 1.82) is 0 Å². The van der Waals surface area contributed by atoms with Gasteiger partial charge in [-0.25, -0.2) is 12.8 Å². The molecule has 0 bridgehead atoms. The molecule has 1 aliphatic heterocycles. The first kappa shape index (κ1) is 15.4. The molecule has 1 aromatic rings. The molecule has 20 heavy (non-hydrogen) atoms. The number of hydrogen-bond acceptors (Lipinski definition) is 4. The zero-order chi connectivity index (χ0) is 15.1. The minimum atomic E-state index is -3.95. The highest BCUT2D eigenvalue weighted by molar-refractivity contribution is 9.10. The number of carboxylic acids is 1. The molecule has 1 atom stereocenters. The fraction of sp³-hybridized carbons (Fsp3) is 0.364. The number of carboxylic acid groups (broad SMARTS) is 1. The molecule has 6 nitrogen and oxygen atoms in total. The van der Waals surface area contributed by atoms with Crippen molar-refractivity contribution in [1.82, 2.24) is 4.31 Å². The third kappa shape index (κ3) is 2.58. The van der Waals surface area contributed by atoms with Crippen LogP contribution < -0.4 is 5.73 Å². The summed E-state index contributed by atoms with van der Waals surface area (Å²) in [6, 6.07) is 3.42. The van der Waals surface area contributed by atoms with Crippen molar-refractivity contribution < 1.29 is 22.7 Å². The minimum absolute atomic E-state index is 0.0111. The van der Waals surface area contributed by atoms with E-state index in [1.807, 2.05) is 0 Å². The summed E-state index contributed by atoms with van der Waals surface area (Å²) < 4.78 is 39.1. The smallest absolute Gasteiger partial charge is 0.325 e. The molecule has 110 valence electrons. The van der Waals surface area contributed by atoms with Gasteiger partial charge < -0.3 is 10.8 Å². The van der Waals surface area contributed by atoms with Gasteiger partial charge in [0.1, 0.15) is 11.4 Å². The summed E-state index contributed by atoms with van der Waals surface area (Å²) in [5, 5.41) is 8.99. The van der Waals surface area contributed by atoms with Crippen molar-refractivity contribution >= 4 is 31.9 Å². The van der Waals surface area contributed by atoms with Crippen LogP contribution in [0.25, 0.3) is 0 Å². The van der Waals surface area contributed by atoms with Crippen LogP contribution in [0.4, 0.5) is 4.39 Å². The highest BCUT2D eigenvalue weighted by Crippen LogP contribution is 2.27. The Kier molecular flexibility index (Phi) is 3.89. The predicted octanol–water partition coefficient (Wildman–Crippen LogP) is 0.765. The van der Waals surface area contributed by atoms with Crippen LogP contribution in [-0.2, 0) is 14.8 Å². The summed E-state index contributed by atoms with van der Waals surface area (Å²) in [7, 11) is -3.95. The van der Waals surface area contributed by atoms with E-state index in [2.05, 4.69) is 15.9 Å². The first-order chi connectivity index (χ1) is 9.17. The molecule has 1 heterocycles. The average molecular weight is 367 g/mol. The van der Waals surface area contributed by atoms with Gasteiger partial charge in [0.05, 0.1) is 9.37 Å². The van der Waals surface area contributed by atoms with E-state index in [1.165, 1.54) is 12.1 Å². The van der Waals surface area contributed by atoms with E-state index in [0.717, 1.165) is 10.4 Å². The van der Waals surface area contributed by atoms with E-state index in [-0.39, 0.29) is 28.9 Å². The Morgan fingerprint density at radius 2 is 2.15 bits per heavy atom. The number of nitrogens with zero attached hydrogens (tertiary/aromatic N) is 1. The maximum atomic E-state index is 13.4. The topological polar surface area (TPSA) is 101 Å². The van der Waals surface area contributed by atoms with Crippen molar-refractivity contribution in [3.63, 3.8) is 0 Å². The molecule has 0 spiro atoms. The van der Waals surface area contributed by atoms with Crippen molar-refractivity contribution in [2.75, 3.05) is 13.1 Å². The van der Waals surface area contributed by atoms with Crippen LogP contribution in [0.3, 0.4) is 0 Å². The van der Waals surface area contributed by atoms with Crippen molar-refractivity contribution in [2.24, 2.45) is 5.73 Å². The maximum Gasteiger partial charge on any atom is 0.325 e. The van der Waals surface area contributed by atoms with Gasteiger partial charge in [-0.05, 0) is 40.5 Å². The van der Waals surface area contributed by atoms with Crippen LogP contribution in [0.2, 0.25) is 0 Å². The Bertz CT molecular complexity index is 666. The van der Waals surface area contributed by atoms with Crippen LogP contribution in [0.15, 0.2) is 27.6 Å². The molecule has 0 amide bonds. The van der Waals surface area contributed by atoms with Gasteiger partial charge in [-0.15, -0.1) is 0 Å². The predicted molar refractivity (Wildman–Crippen MR) is 72.0 cm³/mol. The van der Waals surface area contributed by atoms with Crippen LogP contribution in [0, 0.1) is 5.82 Å². The van der Waals surface area contributed by atoms with E-state index < -0.39 is 27.3 Å². The largest absolute Gasteiger partial charge is 0.480 e. The molecule has 0 aromatic heterocycles. The third-order valence-corrected chi connectivity index (χ3v) is 5.70. The molecular formula is C11H12BrFN2O4S. The Balaban J connectivity index is 2.33. The van der Waals surface area contributed by atoms with Crippen molar-refractivity contribution in [2.45, 2.75) is 16.9 Å². The summed E-state index contributed by atoms with van der Waals surface area (Å²) >= 11 is 2.94. The molecule has 0 saturated carbocycles. The average Bonchev–Trinajstić information content (AvgIpc) is 2.77. The van der Waals surface area contributed by atoms with Gasteiger partial charge >= 0.3 is 5.97 Å². The Morgan fingerprint density at radius 1 is 1.50 bits per heavy atom. The quantitative estimate of drug-likeness (QED) is 0.822. The second-order valence-electron chi connectivity index (χ2n) is 4.63. The van der Waals surface area contributed by atoms with Gasteiger partial charge in [-0.1, -0.05) is 0 Å². The van der Waals surface area contributed by atoms with Gasteiger partial charge in [-0.3, -0.25) is 4.79 Å². The molecule has 1 aliphatic rings. The standard InChI is InChI=1S/C11H12BrFN2O4S/c12-8-2-1-7(5-9(8)13)20(18,19)15-4-3-11(14,6-15)10(16)17/h1-2,5H,3-4,6,14H2,(H,16,17). The number of rotatable bonds is 3. The van der Waals surface area contributed by atoms with Gasteiger partial charge in [-0.2, -0.15) is 4.31 Å². The lowest BCUT2D eigenvalue weighted by molar-refractivity contribution is -0.142. The number of hydrogen-bond donors (Lipinski definition) is 2. The molecule has 1 saturated heterocycles. The number of aliphatic carboxylic acids is 1. The number of benzene rings is 1. The highest BCUT2D eigenvalue weighted by Gasteiger charge is 2.45. The molecule has 0 aliphatic carbocycles. The number of nitrogens with two attached hydrogens (primary N) is 1. The number of sulfonamides is 1. The first-order valence-electron chi connectivity index (χ1n) is 5.64. The molecule has 3 N–H and O–H groups in total. The van der Waals surface area contributed by atoms with Crippen LogP contribution in [-0.4, -0.2) is 42.4 Å². The second-order valence-corrected chi connectivity index (χ2v) is 7.42. The summed E-state index contributed by atoms with van der Waals surface area (Å²) in [5.41, 5.74) is 4.04. The zero-order valence-electron chi connectivity index (χ0n) is 10.2. The SMILES string of the molecule is NC1(C(=O)O)CCN(S(=O)(=O)c2ccc(Br)c(F)c2)C1. The van der Waals surface area contributed by atoms with Gasteiger partial charge in [0.15, 0.2) is 0 Å². The lowest BCUT2D eigenvalue weighted by atomic mass is 10.0. The van der Waals surface area contributed by atoms with Crippen molar-refractivity contribution in [3.8, 4) is 0 Å². The molecule has 1 aromatic carbocycles. The van der Waals surface area contributed by atoms with Crippen LogP contribution >= 0.6 is 15.9 Å². The molecule has 1 unspecified atom stereocenters. The molecule has 1 fully saturated rings. The van der Waals surface area contributed by atoms with Gasteiger partial charge in [0.2, 0.25) is 10.0 Å². The number of carbonyl (C=O) groups is 1. The van der Waals surface area contributed by atoms with E-state index in [0.29, 0.717) is 0 Å². The molecule has 9 heteroatoms. The molecule has 0 radical (unpaired) electrons.